The third-order valence-corrected chi connectivity index (χ3v) is 5.75. The highest BCUT2D eigenvalue weighted by Crippen LogP contribution is 2.36. The molecular formula is C17H28N2O3. The van der Waals surface area contributed by atoms with Gasteiger partial charge in [0.25, 0.3) is 0 Å². The van der Waals surface area contributed by atoms with Gasteiger partial charge < -0.3 is 10.0 Å². The first-order valence-corrected chi connectivity index (χ1v) is 8.86. The molecule has 3 aliphatic rings. The molecule has 1 amide bonds. The summed E-state index contributed by atoms with van der Waals surface area (Å²) in [6.07, 6.45) is 9.32. The summed E-state index contributed by atoms with van der Waals surface area (Å²) in [6.45, 7) is 2.84. The highest BCUT2D eigenvalue weighted by atomic mass is 16.4. The number of likely N-dealkylation sites (tertiary alicyclic amines) is 1. The Kier molecular flexibility index (Phi) is 4.71. The van der Waals surface area contributed by atoms with Gasteiger partial charge in [-0.3, -0.25) is 14.5 Å². The fraction of sp³-hybridized carbons (Fsp3) is 0.882. The highest BCUT2D eigenvalue weighted by molar-refractivity contribution is 5.80. The van der Waals surface area contributed by atoms with Gasteiger partial charge in [0.15, 0.2) is 0 Å². The van der Waals surface area contributed by atoms with Gasteiger partial charge in [-0.1, -0.05) is 12.8 Å². The standard InChI is InChI=1S/C17H28N2O3/c1-12(17(21)22)19(14-8-9-14)11-16(20)18-10-4-6-13-5-2-3-7-15(13)18/h12-15H,2-11H2,1H3,(H,21,22). The number of carbonyl (C=O) groups excluding carboxylic acids is 1. The molecule has 2 aliphatic carbocycles. The van der Waals surface area contributed by atoms with Gasteiger partial charge in [0.05, 0.1) is 6.54 Å². The Hall–Kier alpha value is -1.10. The van der Waals surface area contributed by atoms with Crippen LogP contribution in [0.1, 0.15) is 58.3 Å². The molecule has 22 heavy (non-hydrogen) atoms. The molecule has 0 radical (unpaired) electrons. The summed E-state index contributed by atoms with van der Waals surface area (Å²) in [5.41, 5.74) is 0. The van der Waals surface area contributed by atoms with Gasteiger partial charge in [-0.15, -0.1) is 0 Å². The molecule has 124 valence electrons. The summed E-state index contributed by atoms with van der Waals surface area (Å²) in [6, 6.07) is 0.140. The van der Waals surface area contributed by atoms with E-state index in [0.717, 1.165) is 32.2 Å². The van der Waals surface area contributed by atoms with Crippen molar-refractivity contribution in [3.8, 4) is 0 Å². The summed E-state index contributed by atoms with van der Waals surface area (Å²) in [5, 5.41) is 9.27. The van der Waals surface area contributed by atoms with Gasteiger partial charge in [-0.05, 0) is 51.4 Å². The lowest BCUT2D eigenvalue weighted by atomic mass is 9.78. The number of hydrogen-bond acceptors (Lipinski definition) is 3. The van der Waals surface area contributed by atoms with Crippen molar-refractivity contribution >= 4 is 11.9 Å². The number of aliphatic carboxylic acids is 1. The first-order valence-electron chi connectivity index (χ1n) is 8.86. The lowest BCUT2D eigenvalue weighted by molar-refractivity contribution is -0.146. The van der Waals surface area contributed by atoms with Crippen LogP contribution in [-0.2, 0) is 9.59 Å². The van der Waals surface area contributed by atoms with Crippen LogP contribution in [0.4, 0.5) is 0 Å². The zero-order chi connectivity index (χ0) is 15.7. The van der Waals surface area contributed by atoms with Crippen LogP contribution in [0, 0.1) is 5.92 Å². The minimum Gasteiger partial charge on any atom is -0.480 e. The maximum absolute atomic E-state index is 12.8. The molecule has 0 bridgehead atoms. The first-order chi connectivity index (χ1) is 10.6. The molecule has 1 aliphatic heterocycles. The largest absolute Gasteiger partial charge is 0.480 e. The summed E-state index contributed by atoms with van der Waals surface area (Å²) < 4.78 is 0. The van der Waals surface area contributed by atoms with E-state index in [1.165, 1.54) is 25.7 Å². The van der Waals surface area contributed by atoms with Crippen LogP contribution in [0.25, 0.3) is 0 Å². The summed E-state index contributed by atoms with van der Waals surface area (Å²) in [4.78, 5) is 28.1. The predicted molar refractivity (Wildman–Crippen MR) is 83.5 cm³/mol. The van der Waals surface area contributed by atoms with Crippen LogP contribution in [0.5, 0.6) is 0 Å². The predicted octanol–water partition coefficient (Wildman–Crippen LogP) is 2.11. The van der Waals surface area contributed by atoms with E-state index in [9.17, 15) is 14.7 Å². The minimum absolute atomic E-state index is 0.150. The normalized spacial score (nSPS) is 30.0. The third-order valence-electron chi connectivity index (χ3n) is 5.75. The number of carbonyl (C=O) groups is 2. The molecule has 1 saturated heterocycles. The van der Waals surface area contributed by atoms with Crippen LogP contribution >= 0.6 is 0 Å². The highest BCUT2D eigenvalue weighted by Gasteiger charge is 2.40. The number of carboxylic acid groups (broad SMARTS) is 1. The molecule has 3 atom stereocenters. The summed E-state index contributed by atoms with van der Waals surface area (Å²) >= 11 is 0. The van der Waals surface area contributed by atoms with Gasteiger partial charge in [-0.2, -0.15) is 0 Å². The van der Waals surface area contributed by atoms with E-state index in [0.29, 0.717) is 18.0 Å². The fourth-order valence-corrected chi connectivity index (χ4v) is 4.31. The Bertz CT molecular complexity index is 434. The molecule has 0 aromatic carbocycles. The number of amides is 1. The zero-order valence-electron chi connectivity index (χ0n) is 13.5. The van der Waals surface area contributed by atoms with Crippen molar-refractivity contribution in [2.24, 2.45) is 5.92 Å². The van der Waals surface area contributed by atoms with E-state index in [4.69, 9.17) is 0 Å². The smallest absolute Gasteiger partial charge is 0.320 e. The second-order valence-corrected chi connectivity index (χ2v) is 7.26. The van der Waals surface area contributed by atoms with E-state index < -0.39 is 12.0 Å². The van der Waals surface area contributed by atoms with E-state index in [-0.39, 0.29) is 12.5 Å². The molecule has 3 unspecified atom stereocenters. The minimum atomic E-state index is -0.825. The molecule has 0 spiro atoms. The fourth-order valence-electron chi connectivity index (χ4n) is 4.31. The number of piperidine rings is 1. The lowest BCUT2D eigenvalue weighted by Gasteiger charge is -2.45. The van der Waals surface area contributed by atoms with Gasteiger partial charge >= 0.3 is 5.97 Å². The van der Waals surface area contributed by atoms with E-state index in [1.54, 1.807) is 6.92 Å². The van der Waals surface area contributed by atoms with Crippen LogP contribution in [-0.4, -0.2) is 58.0 Å². The Morgan fingerprint density at radius 3 is 2.50 bits per heavy atom. The second kappa shape index (κ2) is 6.57. The first kappa shape index (κ1) is 15.8. The number of hydrogen-bond donors (Lipinski definition) is 1. The SMILES string of the molecule is CC(C(=O)O)N(CC(=O)N1CCCC2CCCCC21)C1CC1. The average Bonchev–Trinajstić information content (AvgIpc) is 3.35. The molecule has 5 nitrogen and oxygen atoms in total. The summed E-state index contributed by atoms with van der Waals surface area (Å²) in [7, 11) is 0. The van der Waals surface area contributed by atoms with Crippen molar-refractivity contribution in [1.82, 2.24) is 9.80 Å². The van der Waals surface area contributed by atoms with Gasteiger partial charge in [-0.25, -0.2) is 0 Å². The van der Waals surface area contributed by atoms with Crippen molar-refractivity contribution in [1.29, 1.82) is 0 Å². The van der Waals surface area contributed by atoms with Crippen LogP contribution < -0.4 is 0 Å². The Morgan fingerprint density at radius 2 is 1.82 bits per heavy atom. The molecule has 1 N–H and O–H groups in total. The van der Waals surface area contributed by atoms with E-state index in [1.807, 2.05) is 4.90 Å². The van der Waals surface area contributed by atoms with Gasteiger partial charge in [0.1, 0.15) is 6.04 Å². The maximum atomic E-state index is 12.8. The number of fused-ring (bicyclic) bond motifs is 1. The molecule has 3 fully saturated rings. The van der Waals surface area contributed by atoms with Crippen LogP contribution in [0.2, 0.25) is 0 Å². The van der Waals surface area contributed by atoms with Crippen molar-refractivity contribution in [3.63, 3.8) is 0 Å². The number of carboxylic acids is 1. The third kappa shape index (κ3) is 3.29. The Balaban J connectivity index is 1.65. The van der Waals surface area contributed by atoms with Gasteiger partial charge in [0, 0.05) is 18.6 Å². The van der Waals surface area contributed by atoms with Crippen molar-refractivity contribution in [2.45, 2.75) is 76.4 Å². The van der Waals surface area contributed by atoms with E-state index in [2.05, 4.69) is 4.90 Å². The lowest BCUT2D eigenvalue weighted by Crippen LogP contribution is -2.54. The monoisotopic (exact) mass is 308 g/mol. The number of nitrogens with zero attached hydrogens (tertiary/aromatic N) is 2. The quantitative estimate of drug-likeness (QED) is 0.845. The molecule has 2 saturated carbocycles. The van der Waals surface area contributed by atoms with Crippen molar-refractivity contribution < 1.29 is 14.7 Å². The molecule has 0 aromatic rings. The van der Waals surface area contributed by atoms with E-state index >= 15 is 0 Å². The average molecular weight is 308 g/mol. The Morgan fingerprint density at radius 1 is 1.14 bits per heavy atom. The summed E-state index contributed by atoms with van der Waals surface area (Å²) in [5.74, 6) is 0.00297. The molecule has 5 heteroatoms. The van der Waals surface area contributed by atoms with Crippen LogP contribution in [0.3, 0.4) is 0 Å². The molecule has 0 aromatic heterocycles. The van der Waals surface area contributed by atoms with Crippen LogP contribution in [0.15, 0.2) is 0 Å². The number of rotatable bonds is 5. The van der Waals surface area contributed by atoms with Crippen molar-refractivity contribution in [3.05, 3.63) is 0 Å². The topological polar surface area (TPSA) is 60.9 Å². The molecule has 3 rings (SSSR count). The molecule has 1 heterocycles. The molecular weight excluding hydrogens is 280 g/mol. The zero-order valence-corrected chi connectivity index (χ0v) is 13.5. The second-order valence-electron chi connectivity index (χ2n) is 7.26. The van der Waals surface area contributed by atoms with Crippen molar-refractivity contribution in [2.75, 3.05) is 13.1 Å². The maximum Gasteiger partial charge on any atom is 0.320 e. The van der Waals surface area contributed by atoms with Gasteiger partial charge in [0.2, 0.25) is 5.91 Å². The Labute approximate surface area is 132 Å².